The van der Waals surface area contributed by atoms with Crippen LogP contribution in [-0.4, -0.2) is 32.5 Å². The molecule has 3 nitrogen and oxygen atoms in total. The molecule has 1 aliphatic heterocycles. The highest BCUT2D eigenvalue weighted by molar-refractivity contribution is 7.92. The largest absolute Gasteiger partial charge is 0.416 e. The van der Waals surface area contributed by atoms with Crippen molar-refractivity contribution in [2.75, 3.05) is 18.8 Å². The van der Waals surface area contributed by atoms with Crippen LogP contribution in [-0.2, 0) is 22.4 Å². The molecule has 0 saturated carbocycles. The highest BCUT2D eigenvalue weighted by atomic mass is 32.2. The molecule has 2 rings (SSSR count). The van der Waals surface area contributed by atoms with Gasteiger partial charge in [0.25, 0.3) is 0 Å². The zero-order valence-corrected chi connectivity index (χ0v) is 10.9. The number of rotatable bonds is 4. The summed E-state index contributed by atoms with van der Waals surface area (Å²) in [6.07, 6.45) is -4.55. The molecule has 1 N–H and O–H groups in total. The van der Waals surface area contributed by atoms with Crippen molar-refractivity contribution in [3.8, 4) is 0 Å². The van der Waals surface area contributed by atoms with E-state index >= 15 is 0 Å². The third-order valence-corrected chi connectivity index (χ3v) is 5.35. The lowest BCUT2D eigenvalue weighted by atomic mass is 10.1. The molecule has 1 aromatic rings. The summed E-state index contributed by atoms with van der Waals surface area (Å²) >= 11 is 0. The summed E-state index contributed by atoms with van der Waals surface area (Å²) in [4.78, 5) is 0. The monoisotopic (exact) mass is 293 g/mol. The highest BCUT2D eigenvalue weighted by Gasteiger charge is 2.34. The van der Waals surface area contributed by atoms with Crippen molar-refractivity contribution in [1.29, 1.82) is 0 Å². The van der Waals surface area contributed by atoms with E-state index in [1.54, 1.807) is 0 Å². The van der Waals surface area contributed by atoms with Crippen molar-refractivity contribution in [3.63, 3.8) is 0 Å². The molecule has 1 aliphatic rings. The predicted molar refractivity (Wildman–Crippen MR) is 65.6 cm³/mol. The average molecular weight is 293 g/mol. The van der Waals surface area contributed by atoms with E-state index in [1.807, 2.05) is 0 Å². The first-order valence-electron chi connectivity index (χ1n) is 5.88. The van der Waals surface area contributed by atoms with Crippen molar-refractivity contribution >= 4 is 9.84 Å². The Hall–Kier alpha value is -1.08. The van der Waals surface area contributed by atoms with Crippen LogP contribution in [0.3, 0.4) is 0 Å². The number of nitrogens with one attached hydrogen (secondary N) is 1. The summed E-state index contributed by atoms with van der Waals surface area (Å²) in [5.41, 5.74) is -0.720. The number of aryl methyl sites for hydroxylation is 1. The van der Waals surface area contributed by atoms with Crippen molar-refractivity contribution < 1.29 is 21.6 Å². The van der Waals surface area contributed by atoms with Gasteiger partial charge in [-0.2, -0.15) is 13.2 Å². The van der Waals surface area contributed by atoms with Gasteiger partial charge in [-0.3, -0.25) is 0 Å². The van der Waals surface area contributed by atoms with Crippen LogP contribution in [0.25, 0.3) is 0 Å². The number of alkyl halides is 3. The fourth-order valence-corrected chi connectivity index (χ4v) is 3.53. The third-order valence-electron chi connectivity index (χ3n) is 3.23. The van der Waals surface area contributed by atoms with Crippen LogP contribution in [0.2, 0.25) is 0 Å². The Labute approximate surface area is 109 Å². The lowest BCUT2D eigenvalue weighted by molar-refractivity contribution is -0.138. The maximum atomic E-state index is 12.7. The van der Waals surface area contributed by atoms with Gasteiger partial charge < -0.3 is 5.32 Å². The molecular formula is C12H14F3NO2S. The highest BCUT2D eigenvalue weighted by Crippen LogP contribution is 2.32. The van der Waals surface area contributed by atoms with Crippen LogP contribution in [0.15, 0.2) is 24.3 Å². The van der Waals surface area contributed by atoms with Gasteiger partial charge >= 0.3 is 6.18 Å². The van der Waals surface area contributed by atoms with Crippen LogP contribution in [0, 0.1) is 0 Å². The molecule has 0 amide bonds. The molecule has 0 unspecified atom stereocenters. The van der Waals surface area contributed by atoms with Crippen molar-refractivity contribution in [2.24, 2.45) is 0 Å². The van der Waals surface area contributed by atoms with E-state index in [-0.39, 0.29) is 17.7 Å². The molecular weight excluding hydrogens is 279 g/mol. The maximum absolute atomic E-state index is 12.7. The molecule has 0 aromatic heterocycles. The van der Waals surface area contributed by atoms with Crippen LogP contribution in [0.4, 0.5) is 13.2 Å². The van der Waals surface area contributed by atoms with Crippen LogP contribution >= 0.6 is 0 Å². The molecule has 0 spiro atoms. The van der Waals surface area contributed by atoms with Crippen LogP contribution < -0.4 is 5.32 Å². The Morgan fingerprint density at radius 3 is 2.37 bits per heavy atom. The van der Waals surface area contributed by atoms with Crippen molar-refractivity contribution in [2.45, 2.75) is 17.8 Å². The van der Waals surface area contributed by atoms with Gasteiger partial charge in [0.1, 0.15) is 0 Å². The van der Waals surface area contributed by atoms with Gasteiger partial charge in [0.05, 0.1) is 16.6 Å². The second-order valence-corrected chi connectivity index (χ2v) is 6.95. The molecule has 1 fully saturated rings. The number of hydrogen-bond acceptors (Lipinski definition) is 3. The SMILES string of the molecule is O=S(=O)(CCc1ccccc1C(F)(F)F)C1CNC1. The minimum absolute atomic E-state index is 0.0332. The molecule has 1 saturated heterocycles. The summed E-state index contributed by atoms with van der Waals surface area (Å²) in [5, 5.41) is 2.39. The summed E-state index contributed by atoms with van der Waals surface area (Å²) < 4.78 is 61.9. The minimum atomic E-state index is -4.45. The molecule has 7 heteroatoms. The zero-order valence-electron chi connectivity index (χ0n) is 10.1. The first-order chi connectivity index (χ1) is 8.81. The van der Waals surface area contributed by atoms with Gasteiger partial charge in [0, 0.05) is 13.1 Å². The molecule has 1 heterocycles. The topological polar surface area (TPSA) is 46.2 Å². The van der Waals surface area contributed by atoms with E-state index in [2.05, 4.69) is 5.32 Å². The summed E-state index contributed by atoms with van der Waals surface area (Å²) in [6, 6.07) is 5.10. The van der Waals surface area contributed by atoms with Gasteiger partial charge in [0.15, 0.2) is 9.84 Å². The van der Waals surface area contributed by atoms with E-state index in [0.29, 0.717) is 13.1 Å². The standard InChI is InChI=1S/C12H14F3NO2S/c13-12(14,15)11-4-2-1-3-9(11)5-6-19(17,18)10-7-16-8-10/h1-4,10,16H,5-8H2. The fraction of sp³-hybridized carbons (Fsp3) is 0.500. The van der Waals surface area contributed by atoms with E-state index in [9.17, 15) is 21.6 Å². The van der Waals surface area contributed by atoms with Gasteiger partial charge in [0.2, 0.25) is 0 Å². The minimum Gasteiger partial charge on any atom is -0.314 e. The van der Waals surface area contributed by atoms with Crippen molar-refractivity contribution in [3.05, 3.63) is 35.4 Å². The number of hydrogen-bond donors (Lipinski definition) is 1. The quantitative estimate of drug-likeness (QED) is 0.918. The molecule has 0 radical (unpaired) electrons. The first-order valence-corrected chi connectivity index (χ1v) is 7.59. The number of sulfone groups is 1. The third kappa shape index (κ3) is 3.27. The zero-order chi connectivity index (χ0) is 14.1. The first kappa shape index (κ1) is 14.3. The van der Waals surface area contributed by atoms with E-state index < -0.39 is 26.8 Å². The van der Waals surface area contributed by atoms with E-state index in [1.165, 1.54) is 18.2 Å². The summed E-state index contributed by atoms with van der Waals surface area (Å²) in [5.74, 6) is -0.244. The van der Waals surface area contributed by atoms with Crippen LogP contribution in [0.1, 0.15) is 11.1 Å². The van der Waals surface area contributed by atoms with Gasteiger partial charge in [-0.15, -0.1) is 0 Å². The molecule has 1 aromatic carbocycles. The Balaban J connectivity index is 2.12. The van der Waals surface area contributed by atoms with Crippen molar-refractivity contribution in [1.82, 2.24) is 5.32 Å². The number of benzene rings is 1. The Morgan fingerprint density at radius 2 is 1.84 bits per heavy atom. The number of halogens is 3. The lowest BCUT2D eigenvalue weighted by Crippen LogP contribution is -2.52. The second-order valence-electron chi connectivity index (χ2n) is 4.55. The predicted octanol–water partition coefficient (Wildman–Crippen LogP) is 1.63. The Morgan fingerprint density at radius 1 is 1.21 bits per heavy atom. The Bertz CT molecular complexity index is 550. The fourth-order valence-electron chi connectivity index (χ4n) is 1.95. The summed E-state index contributed by atoms with van der Waals surface area (Å²) in [7, 11) is -3.31. The molecule has 0 bridgehead atoms. The average Bonchev–Trinajstić information content (AvgIpc) is 2.22. The molecule has 0 atom stereocenters. The van der Waals surface area contributed by atoms with E-state index in [4.69, 9.17) is 0 Å². The molecule has 19 heavy (non-hydrogen) atoms. The molecule has 106 valence electrons. The lowest BCUT2D eigenvalue weighted by Gasteiger charge is -2.26. The van der Waals surface area contributed by atoms with Crippen LogP contribution in [0.5, 0.6) is 0 Å². The maximum Gasteiger partial charge on any atom is 0.416 e. The Kier molecular flexibility index (Phi) is 3.87. The normalized spacial score (nSPS) is 17.2. The second kappa shape index (κ2) is 5.13. The summed E-state index contributed by atoms with van der Waals surface area (Å²) in [6.45, 7) is 0.784. The van der Waals surface area contributed by atoms with Gasteiger partial charge in [-0.25, -0.2) is 8.42 Å². The smallest absolute Gasteiger partial charge is 0.314 e. The van der Waals surface area contributed by atoms with Gasteiger partial charge in [-0.05, 0) is 18.1 Å². The van der Waals surface area contributed by atoms with Gasteiger partial charge in [-0.1, -0.05) is 18.2 Å². The molecule has 0 aliphatic carbocycles. The van der Waals surface area contributed by atoms with E-state index in [0.717, 1.165) is 6.07 Å².